The molecule has 0 heterocycles. The van der Waals surface area contributed by atoms with Crippen LogP contribution in [0.15, 0.2) is 48.5 Å². The van der Waals surface area contributed by atoms with Crippen molar-refractivity contribution in [1.82, 2.24) is 10.2 Å². The third kappa shape index (κ3) is 6.28. The number of benzene rings is 2. The number of thioether (sulfide) groups is 1. The fourth-order valence-corrected chi connectivity index (χ4v) is 4.50. The van der Waals surface area contributed by atoms with Crippen molar-refractivity contribution in [1.29, 1.82) is 0 Å². The number of rotatable bonds is 11. The lowest BCUT2D eigenvalue weighted by Crippen LogP contribution is -2.43. The van der Waals surface area contributed by atoms with E-state index in [9.17, 15) is 14.4 Å². The van der Waals surface area contributed by atoms with Crippen molar-refractivity contribution < 1.29 is 24.2 Å². The predicted molar refractivity (Wildman–Crippen MR) is 129 cm³/mol. The number of aliphatic carboxylic acids is 1. The quantitative estimate of drug-likeness (QED) is 0.516. The molecule has 2 N–H and O–H groups in total. The number of hydrogen-bond acceptors (Lipinski definition) is 5. The van der Waals surface area contributed by atoms with E-state index >= 15 is 0 Å². The summed E-state index contributed by atoms with van der Waals surface area (Å²) >= 11 is 1.54. The average Bonchev–Trinajstić information content (AvgIpc) is 3.13. The monoisotopic (exact) mass is 470 g/mol. The number of nitrogens with one attached hydrogen (secondary N) is 1. The highest BCUT2D eigenvalue weighted by atomic mass is 32.2. The third-order valence-electron chi connectivity index (χ3n) is 5.82. The second-order valence-electron chi connectivity index (χ2n) is 7.98. The fraction of sp³-hybridized carbons (Fsp3) is 0.400. The van der Waals surface area contributed by atoms with Gasteiger partial charge in [-0.25, -0.2) is 4.79 Å². The second kappa shape index (κ2) is 11.7. The molecule has 3 rings (SSSR count). The van der Waals surface area contributed by atoms with Crippen molar-refractivity contribution in [3.8, 4) is 11.1 Å². The summed E-state index contributed by atoms with van der Waals surface area (Å²) in [7, 11) is 0. The Labute approximate surface area is 198 Å². The minimum Gasteiger partial charge on any atom is -0.480 e. The highest BCUT2D eigenvalue weighted by molar-refractivity contribution is 7.98. The van der Waals surface area contributed by atoms with Crippen LogP contribution in [0.3, 0.4) is 0 Å². The van der Waals surface area contributed by atoms with Gasteiger partial charge in [0.2, 0.25) is 5.91 Å². The molecule has 33 heavy (non-hydrogen) atoms. The number of carbonyl (C=O) groups excluding carboxylic acids is 2. The number of nitrogens with zero attached hydrogens (tertiary/aromatic N) is 1. The van der Waals surface area contributed by atoms with E-state index < -0.39 is 18.1 Å². The van der Waals surface area contributed by atoms with E-state index in [-0.39, 0.29) is 31.4 Å². The topological polar surface area (TPSA) is 95.9 Å². The molecule has 0 spiro atoms. The Morgan fingerprint density at radius 3 is 2.24 bits per heavy atom. The van der Waals surface area contributed by atoms with Crippen LogP contribution in [-0.2, 0) is 14.3 Å². The highest BCUT2D eigenvalue weighted by Gasteiger charge is 2.29. The van der Waals surface area contributed by atoms with Gasteiger partial charge in [-0.3, -0.25) is 9.59 Å². The molecule has 2 aromatic carbocycles. The maximum Gasteiger partial charge on any atom is 0.407 e. The number of carboxylic acid groups (broad SMARTS) is 1. The van der Waals surface area contributed by atoms with E-state index in [1.165, 1.54) is 4.90 Å². The number of carbonyl (C=O) groups is 3. The molecule has 2 aromatic rings. The Morgan fingerprint density at radius 2 is 1.70 bits per heavy atom. The zero-order valence-corrected chi connectivity index (χ0v) is 19.8. The van der Waals surface area contributed by atoms with E-state index in [4.69, 9.17) is 9.84 Å². The molecule has 1 aliphatic rings. The van der Waals surface area contributed by atoms with Crippen molar-refractivity contribution in [2.24, 2.45) is 0 Å². The lowest BCUT2D eigenvalue weighted by molar-refractivity contribution is -0.144. The fourth-order valence-electron chi connectivity index (χ4n) is 4.10. The Hall–Kier alpha value is -3.00. The zero-order valence-electron chi connectivity index (χ0n) is 19.0. The van der Waals surface area contributed by atoms with Gasteiger partial charge in [-0.15, -0.1) is 0 Å². The number of amides is 2. The van der Waals surface area contributed by atoms with E-state index in [0.717, 1.165) is 22.3 Å². The summed E-state index contributed by atoms with van der Waals surface area (Å²) < 4.78 is 5.57. The molecule has 1 unspecified atom stereocenters. The summed E-state index contributed by atoms with van der Waals surface area (Å²) in [6, 6.07) is 15.8. The molecule has 0 bridgehead atoms. The van der Waals surface area contributed by atoms with Gasteiger partial charge in [-0.05, 0) is 34.9 Å². The Bertz CT molecular complexity index is 951. The summed E-state index contributed by atoms with van der Waals surface area (Å²) in [6.07, 6.45) is 1.88. The standard InChI is InChI=1S/C25H30N2O5S/c1-3-17(14-23(28)27(12-13-33-2)15-24(29)30)26-25(31)32-16-22-20-10-6-4-8-18(20)19-9-5-7-11-21(19)22/h4-11,17,22H,3,12-16H2,1-2H3,(H,26,31)(H,29,30). The molecule has 0 radical (unpaired) electrons. The van der Waals surface area contributed by atoms with Gasteiger partial charge >= 0.3 is 12.1 Å². The van der Waals surface area contributed by atoms with Crippen LogP contribution in [-0.4, -0.2) is 65.7 Å². The van der Waals surface area contributed by atoms with Crippen LogP contribution in [0.2, 0.25) is 0 Å². The molecular weight excluding hydrogens is 440 g/mol. The van der Waals surface area contributed by atoms with Gasteiger partial charge in [0.15, 0.2) is 0 Å². The Kier molecular flexibility index (Phi) is 8.77. The maximum atomic E-state index is 12.6. The van der Waals surface area contributed by atoms with Gasteiger partial charge in [0, 0.05) is 30.7 Å². The minimum absolute atomic E-state index is 0.0301. The molecule has 0 fully saturated rings. The molecule has 1 aliphatic carbocycles. The molecule has 0 aromatic heterocycles. The molecule has 0 saturated heterocycles. The molecule has 0 aliphatic heterocycles. The van der Waals surface area contributed by atoms with Gasteiger partial charge in [0.1, 0.15) is 13.2 Å². The van der Waals surface area contributed by atoms with E-state index in [0.29, 0.717) is 18.7 Å². The first-order valence-corrected chi connectivity index (χ1v) is 12.4. The van der Waals surface area contributed by atoms with Crippen molar-refractivity contribution in [2.45, 2.75) is 31.7 Å². The maximum absolute atomic E-state index is 12.6. The zero-order chi connectivity index (χ0) is 23.8. The lowest BCUT2D eigenvalue weighted by Gasteiger charge is -2.24. The number of ether oxygens (including phenoxy) is 1. The van der Waals surface area contributed by atoms with Crippen LogP contribution in [0.5, 0.6) is 0 Å². The van der Waals surface area contributed by atoms with Gasteiger partial charge < -0.3 is 20.1 Å². The summed E-state index contributed by atoms with van der Waals surface area (Å²) in [6.45, 7) is 2.07. The van der Waals surface area contributed by atoms with Crippen LogP contribution < -0.4 is 5.32 Å². The smallest absolute Gasteiger partial charge is 0.407 e. The third-order valence-corrected chi connectivity index (χ3v) is 6.41. The normalized spacial score (nSPS) is 13.0. The first-order chi connectivity index (χ1) is 15.9. The van der Waals surface area contributed by atoms with E-state index in [1.807, 2.05) is 37.4 Å². The van der Waals surface area contributed by atoms with Crippen LogP contribution in [0.25, 0.3) is 11.1 Å². The van der Waals surface area contributed by atoms with Crippen LogP contribution >= 0.6 is 11.8 Å². The Morgan fingerprint density at radius 1 is 1.09 bits per heavy atom. The van der Waals surface area contributed by atoms with Gasteiger partial charge in [-0.2, -0.15) is 11.8 Å². The lowest BCUT2D eigenvalue weighted by atomic mass is 9.98. The molecule has 0 saturated carbocycles. The van der Waals surface area contributed by atoms with E-state index in [1.54, 1.807) is 11.8 Å². The molecular formula is C25H30N2O5S. The Balaban J connectivity index is 1.58. The number of alkyl carbamates (subject to hydrolysis) is 1. The largest absolute Gasteiger partial charge is 0.480 e. The van der Waals surface area contributed by atoms with Crippen molar-refractivity contribution in [3.05, 3.63) is 59.7 Å². The summed E-state index contributed by atoms with van der Waals surface area (Å²) in [5.41, 5.74) is 4.57. The molecule has 1 atom stereocenters. The van der Waals surface area contributed by atoms with Crippen LogP contribution in [0.4, 0.5) is 4.79 Å². The number of hydrogen-bond donors (Lipinski definition) is 2. The van der Waals surface area contributed by atoms with Crippen molar-refractivity contribution in [3.63, 3.8) is 0 Å². The number of carboxylic acids is 1. The molecule has 176 valence electrons. The molecule has 2 amide bonds. The van der Waals surface area contributed by atoms with Gasteiger partial charge in [0.25, 0.3) is 0 Å². The number of fused-ring (bicyclic) bond motifs is 3. The predicted octanol–water partition coefficient (Wildman–Crippen LogP) is 3.97. The first kappa shape index (κ1) is 24.6. The highest BCUT2D eigenvalue weighted by Crippen LogP contribution is 2.44. The first-order valence-electron chi connectivity index (χ1n) is 11.0. The van der Waals surface area contributed by atoms with Crippen molar-refractivity contribution >= 4 is 29.7 Å². The van der Waals surface area contributed by atoms with Gasteiger partial charge in [0.05, 0.1) is 0 Å². The van der Waals surface area contributed by atoms with Crippen LogP contribution in [0, 0.1) is 0 Å². The summed E-state index contributed by atoms with van der Waals surface area (Å²) in [5, 5.41) is 11.9. The van der Waals surface area contributed by atoms with Crippen molar-refractivity contribution in [2.75, 3.05) is 31.7 Å². The van der Waals surface area contributed by atoms with E-state index in [2.05, 4.69) is 29.6 Å². The SMILES string of the molecule is CCC(CC(=O)N(CCSC)CC(=O)O)NC(=O)OCC1c2ccccc2-c2ccccc21. The van der Waals surface area contributed by atoms with Gasteiger partial charge in [-0.1, -0.05) is 55.5 Å². The second-order valence-corrected chi connectivity index (χ2v) is 8.97. The van der Waals surface area contributed by atoms with Crippen LogP contribution in [0.1, 0.15) is 36.8 Å². The molecule has 8 heteroatoms. The average molecular weight is 471 g/mol. The summed E-state index contributed by atoms with van der Waals surface area (Å²) in [4.78, 5) is 37.6. The minimum atomic E-state index is -1.05. The molecule has 7 nitrogen and oxygen atoms in total. The summed E-state index contributed by atoms with van der Waals surface area (Å²) in [5.74, 6) is -0.739.